The summed E-state index contributed by atoms with van der Waals surface area (Å²) in [5.74, 6) is 2.19. The molecule has 1 aliphatic carbocycles. The molecule has 3 atom stereocenters. The first-order valence-corrected chi connectivity index (χ1v) is 8.81. The summed E-state index contributed by atoms with van der Waals surface area (Å²) in [6, 6.07) is 13.9. The summed E-state index contributed by atoms with van der Waals surface area (Å²) in [6.07, 6.45) is 0. The van der Waals surface area contributed by atoms with Crippen LogP contribution in [0, 0.1) is 5.92 Å². The Morgan fingerprint density at radius 1 is 1.00 bits per heavy atom. The molecule has 2 aromatic carbocycles. The number of nitrogens with one attached hydrogen (secondary N) is 2. The minimum atomic E-state index is -0.0654. The maximum absolute atomic E-state index is 12.9. The van der Waals surface area contributed by atoms with Crippen molar-refractivity contribution in [2.75, 3.05) is 26.3 Å². The molecule has 0 radical (unpaired) electrons. The Morgan fingerprint density at radius 3 is 2.68 bits per heavy atom. The highest BCUT2D eigenvalue weighted by Gasteiger charge is 2.43. The summed E-state index contributed by atoms with van der Waals surface area (Å²) in [4.78, 5) is 12.9. The third-order valence-corrected chi connectivity index (χ3v) is 5.51. The molecule has 3 aliphatic rings. The van der Waals surface area contributed by atoms with Crippen molar-refractivity contribution in [1.29, 1.82) is 0 Å². The first-order chi connectivity index (χ1) is 12.3. The molecule has 0 spiro atoms. The number of carbonyl (C=O) groups is 1. The Kier molecular flexibility index (Phi) is 3.41. The first-order valence-electron chi connectivity index (χ1n) is 8.81. The largest absolute Gasteiger partial charge is 0.486 e. The van der Waals surface area contributed by atoms with E-state index in [1.807, 2.05) is 6.07 Å². The second-order valence-corrected chi connectivity index (χ2v) is 6.87. The summed E-state index contributed by atoms with van der Waals surface area (Å²) in [6.45, 7) is 2.99. The zero-order valence-electron chi connectivity index (χ0n) is 13.8. The molecule has 25 heavy (non-hydrogen) atoms. The minimum absolute atomic E-state index is 0.0527. The van der Waals surface area contributed by atoms with Crippen LogP contribution in [0.4, 0.5) is 0 Å². The average molecular weight is 336 g/mol. The van der Waals surface area contributed by atoms with E-state index in [-0.39, 0.29) is 11.9 Å². The summed E-state index contributed by atoms with van der Waals surface area (Å²) in [5.41, 5.74) is 3.23. The van der Waals surface area contributed by atoms with E-state index in [1.165, 1.54) is 11.1 Å². The minimum Gasteiger partial charge on any atom is -0.486 e. The van der Waals surface area contributed by atoms with E-state index < -0.39 is 0 Å². The smallest absolute Gasteiger partial charge is 0.251 e. The van der Waals surface area contributed by atoms with Crippen LogP contribution in [-0.2, 0) is 0 Å². The van der Waals surface area contributed by atoms with Crippen molar-refractivity contribution in [1.82, 2.24) is 10.6 Å². The van der Waals surface area contributed by atoms with E-state index in [2.05, 4.69) is 34.9 Å². The van der Waals surface area contributed by atoms with Gasteiger partial charge in [0.1, 0.15) is 13.2 Å². The van der Waals surface area contributed by atoms with Crippen LogP contribution in [0.1, 0.15) is 33.4 Å². The van der Waals surface area contributed by atoms with E-state index >= 15 is 0 Å². The maximum Gasteiger partial charge on any atom is 0.251 e. The fourth-order valence-corrected chi connectivity index (χ4v) is 4.35. The molecule has 1 saturated heterocycles. The Labute approximate surface area is 146 Å². The molecule has 0 unspecified atom stereocenters. The average Bonchev–Trinajstić information content (AvgIpc) is 3.24. The van der Waals surface area contributed by atoms with Gasteiger partial charge in [0.25, 0.3) is 5.91 Å². The van der Waals surface area contributed by atoms with Crippen LogP contribution in [0.15, 0.2) is 42.5 Å². The second kappa shape index (κ2) is 5.77. The zero-order chi connectivity index (χ0) is 16.8. The molecule has 5 rings (SSSR count). The van der Waals surface area contributed by atoms with Crippen molar-refractivity contribution in [3.05, 3.63) is 59.2 Å². The number of carbonyl (C=O) groups excluding carboxylic acids is 1. The second-order valence-electron chi connectivity index (χ2n) is 6.87. The molecule has 2 aromatic rings. The lowest BCUT2D eigenvalue weighted by Crippen LogP contribution is -2.33. The molecule has 0 bridgehead atoms. The van der Waals surface area contributed by atoms with E-state index in [0.717, 1.165) is 13.1 Å². The van der Waals surface area contributed by atoms with Crippen LogP contribution in [0.5, 0.6) is 11.5 Å². The molecule has 5 nitrogen and oxygen atoms in total. The van der Waals surface area contributed by atoms with Gasteiger partial charge in [-0.15, -0.1) is 0 Å². The summed E-state index contributed by atoms with van der Waals surface area (Å²) in [5, 5.41) is 6.72. The topological polar surface area (TPSA) is 59.6 Å². The van der Waals surface area contributed by atoms with Crippen LogP contribution in [0.3, 0.4) is 0 Å². The van der Waals surface area contributed by atoms with E-state index in [1.54, 1.807) is 12.1 Å². The van der Waals surface area contributed by atoms with Gasteiger partial charge in [-0.3, -0.25) is 4.79 Å². The Balaban J connectivity index is 1.42. The molecule has 1 fully saturated rings. The number of fused-ring (bicyclic) bond motifs is 4. The van der Waals surface area contributed by atoms with Gasteiger partial charge < -0.3 is 20.1 Å². The molecular formula is C20H20N2O3. The van der Waals surface area contributed by atoms with Crippen molar-refractivity contribution in [3.63, 3.8) is 0 Å². The highest BCUT2D eigenvalue weighted by Crippen LogP contribution is 2.46. The third kappa shape index (κ3) is 2.38. The molecule has 0 saturated carbocycles. The summed E-state index contributed by atoms with van der Waals surface area (Å²) < 4.78 is 11.1. The van der Waals surface area contributed by atoms with Gasteiger partial charge in [-0.1, -0.05) is 24.3 Å². The lowest BCUT2D eigenvalue weighted by Gasteiger charge is -2.22. The van der Waals surface area contributed by atoms with E-state index in [9.17, 15) is 4.79 Å². The SMILES string of the molecule is O=C(N[C@H]1c2ccccc2[C@@H]2CNC[C@@H]21)c1ccc2c(c1)OCCO2. The fourth-order valence-electron chi connectivity index (χ4n) is 4.35. The quantitative estimate of drug-likeness (QED) is 0.883. The molecular weight excluding hydrogens is 316 g/mol. The standard InChI is InChI=1S/C20H20N2O3/c23-20(12-5-6-17-18(9-12)25-8-7-24-17)22-19-14-4-2-1-3-13(14)15-10-21-11-16(15)19/h1-6,9,15-16,19,21H,7-8,10-11H2,(H,22,23)/t15-,16-,19-/m0/s1. The van der Waals surface area contributed by atoms with Crippen LogP contribution < -0.4 is 20.1 Å². The van der Waals surface area contributed by atoms with Crippen LogP contribution in [0.25, 0.3) is 0 Å². The molecule has 128 valence electrons. The molecule has 2 N–H and O–H groups in total. The molecule has 2 aliphatic heterocycles. The van der Waals surface area contributed by atoms with Crippen molar-refractivity contribution < 1.29 is 14.3 Å². The molecule has 1 amide bonds. The monoisotopic (exact) mass is 336 g/mol. The van der Waals surface area contributed by atoms with E-state index in [0.29, 0.717) is 42.1 Å². The Bertz CT molecular complexity index is 835. The van der Waals surface area contributed by atoms with Gasteiger partial charge in [-0.05, 0) is 29.3 Å². The predicted molar refractivity (Wildman–Crippen MR) is 93.2 cm³/mol. The van der Waals surface area contributed by atoms with Crippen LogP contribution >= 0.6 is 0 Å². The third-order valence-electron chi connectivity index (χ3n) is 5.51. The van der Waals surface area contributed by atoms with Gasteiger partial charge in [0.15, 0.2) is 11.5 Å². The Morgan fingerprint density at radius 2 is 1.80 bits per heavy atom. The number of ether oxygens (including phenoxy) is 2. The number of hydrogen-bond acceptors (Lipinski definition) is 4. The molecule has 5 heteroatoms. The zero-order valence-corrected chi connectivity index (χ0v) is 13.8. The van der Waals surface area contributed by atoms with Gasteiger partial charge in [0.05, 0.1) is 6.04 Å². The number of rotatable bonds is 2. The maximum atomic E-state index is 12.9. The van der Waals surface area contributed by atoms with Gasteiger partial charge in [-0.25, -0.2) is 0 Å². The summed E-state index contributed by atoms with van der Waals surface area (Å²) in [7, 11) is 0. The van der Waals surface area contributed by atoms with Gasteiger partial charge >= 0.3 is 0 Å². The van der Waals surface area contributed by atoms with Gasteiger partial charge in [-0.2, -0.15) is 0 Å². The molecule has 2 heterocycles. The molecule has 0 aromatic heterocycles. The highest BCUT2D eigenvalue weighted by molar-refractivity contribution is 5.95. The number of benzene rings is 2. The van der Waals surface area contributed by atoms with Crippen molar-refractivity contribution in [2.24, 2.45) is 5.92 Å². The Hall–Kier alpha value is -2.53. The normalized spacial score (nSPS) is 26.0. The first kappa shape index (κ1) is 14.8. The lowest BCUT2D eigenvalue weighted by molar-refractivity contribution is 0.0924. The van der Waals surface area contributed by atoms with E-state index in [4.69, 9.17) is 9.47 Å². The van der Waals surface area contributed by atoms with Crippen LogP contribution in [0.2, 0.25) is 0 Å². The van der Waals surface area contributed by atoms with Crippen molar-refractivity contribution >= 4 is 5.91 Å². The highest BCUT2D eigenvalue weighted by atomic mass is 16.6. The predicted octanol–water partition coefficient (Wildman–Crippen LogP) is 2.25. The lowest BCUT2D eigenvalue weighted by atomic mass is 9.94. The summed E-state index contributed by atoms with van der Waals surface area (Å²) >= 11 is 0. The van der Waals surface area contributed by atoms with Gasteiger partial charge in [0.2, 0.25) is 0 Å². The number of hydrogen-bond donors (Lipinski definition) is 2. The number of amides is 1. The van der Waals surface area contributed by atoms with Crippen molar-refractivity contribution in [3.8, 4) is 11.5 Å². The van der Waals surface area contributed by atoms with Gasteiger partial charge in [0, 0.05) is 30.5 Å². The van der Waals surface area contributed by atoms with Crippen LogP contribution in [-0.4, -0.2) is 32.2 Å². The fraction of sp³-hybridized carbons (Fsp3) is 0.350. The van der Waals surface area contributed by atoms with Crippen molar-refractivity contribution in [2.45, 2.75) is 12.0 Å².